The van der Waals surface area contributed by atoms with E-state index in [9.17, 15) is 14.7 Å². The van der Waals surface area contributed by atoms with Gasteiger partial charge in [0.15, 0.2) is 0 Å². The van der Waals surface area contributed by atoms with Crippen LogP contribution in [0, 0.1) is 5.41 Å². The van der Waals surface area contributed by atoms with E-state index in [2.05, 4.69) is 15.2 Å². The van der Waals surface area contributed by atoms with Crippen molar-refractivity contribution < 1.29 is 9.90 Å². The molecule has 3 aliphatic rings. The number of likely N-dealkylation sites (tertiary alicyclic amines) is 1. The number of aromatic nitrogens is 1. The summed E-state index contributed by atoms with van der Waals surface area (Å²) in [6.07, 6.45) is 7.20. The number of carbonyl (C=O) groups excluding carboxylic acids is 1. The zero-order valence-electron chi connectivity index (χ0n) is 14.6. The fourth-order valence-corrected chi connectivity index (χ4v) is 4.34. The molecule has 25 heavy (non-hydrogen) atoms. The lowest BCUT2D eigenvalue weighted by Crippen LogP contribution is -2.44. The summed E-state index contributed by atoms with van der Waals surface area (Å²) in [5, 5.41) is 13.3. The Bertz CT molecular complexity index is 702. The van der Waals surface area contributed by atoms with E-state index in [0.717, 1.165) is 64.6 Å². The van der Waals surface area contributed by atoms with Gasteiger partial charge in [-0.15, -0.1) is 0 Å². The molecule has 1 aliphatic heterocycles. The molecule has 2 saturated carbocycles. The quantitative estimate of drug-likeness (QED) is 0.750. The number of piperidine rings is 1. The van der Waals surface area contributed by atoms with Gasteiger partial charge in [-0.05, 0) is 69.5 Å². The van der Waals surface area contributed by atoms with Crippen LogP contribution in [0.3, 0.4) is 0 Å². The van der Waals surface area contributed by atoms with Crippen molar-refractivity contribution in [1.29, 1.82) is 0 Å². The molecule has 3 N–H and O–H groups in total. The van der Waals surface area contributed by atoms with Gasteiger partial charge < -0.3 is 20.3 Å². The second-order valence-corrected chi connectivity index (χ2v) is 8.19. The minimum Gasteiger partial charge on any atom is -0.390 e. The van der Waals surface area contributed by atoms with Crippen LogP contribution in [0.5, 0.6) is 0 Å². The SMILES string of the molecule is O=C(NC1CC12CCN(CCC1(O)CCC1)CC2)c1cccc(=O)[nH]1. The lowest BCUT2D eigenvalue weighted by atomic mass is 9.77. The largest absolute Gasteiger partial charge is 0.390 e. The van der Waals surface area contributed by atoms with Crippen molar-refractivity contribution in [1.82, 2.24) is 15.2 Å². The Morgan fingerprint density at radius 2 is 2.04 bits per heavy atom. The van der Waals surface area contributed by atoms with E-state index < -0.39 is 5.60 Å². The third kappa shape index (κ3) is 3.51. The van der Waals surface area contributed by atoms with Crippen LogP contribution in [0.4, 0.5) is 0 Å². The average molecular weight is 345 g/mol. The Kier molecular flexibility index (Phi) is 4.20. The number of amides is 1. The first-order valence-electron chi connectivity index (χ1n) is 9.43. The molecule has 0 radical (unpaired) electrons. The minimum absolute atomic E-state index is 0.186. The topological polar surface area (TPSA) is 85.4 Å². The summed E-state index contributed by atoms with van der Waals surface area (Å²) >= 11 is 0. The fourth-order valence-electron chi connectivity index (χ4n) is 4.34. The highest BCUT2D eigenvalue weighted by Crippen LogP contribution is 2.54. The maximum Gasteiger partial charge on any atom is 0.268 e. The van der Waals surface area contributed by atoms with E-state index in [1.54, 1.807) is 12.1 Å². The first-order valence-corrected chi connectivity index (χ1v) is 9.43. The standard InChI is InChI=1S/C19H27N3O3/c23-16-4-1-3-14(20-16)17(24)21-15-13-18(15)7-10-22(11-8-18)12-9-19(25)5-2-6-19/h1,3-4,15,25H,2,5-13H2,(H,20,23)(H,21,24). The fraction of sp³-hybridized carbons (Fsp3) is 0.684. The van der Waals surface area contributed by atoms with Crippen LogP contribution in [0.1, 0.15) is 55.4 Å². The van der Waals surface area contributed by atoms with Crippen LogP contribution in [-0.2, 0) is 0 Å². The molecule has 2 aliphatic carbocycles. The van der Waals surface area contributed by atoms with Gasteiger partial charge >= 0.3 is 0 Å². The Hall–Kier alpha value is -1.66. The lowest BCUT2D eigenvalue weighted by Gasteiger charge is -2.40. The Labute approximate surface area is 147 Å². The van der Waals surface area contributed by atoms with Crippen LogP contribution < -0.4 is 10.9 Å². The van der Waals surface area contributed by atoms with E-state index in [-0.39, 0.29) is 22.9 Å². The number of aromatic amines is 1. The van der Waals surface area contributed by atoms with Gasteiger partial charge in [0.2, 0.25) is 5.56 Å². The predicted octanol–water partition coefficient (Wildman–Crippen LogP) is 1.26. The van der Waals surface area contributed by atoms with E-state index in [1.165, 1.54) is 6.07 Å². The minimum atomic E-state index is -0.391. The first-order chi connectivity index (χ1) is 12.0. The van der Waals surface area contributed by atoms with Gasteiger partial charge in [-0.3, -0.25) is 9.59 Å². The van der Waals surface area contributed by atoms with Gasteiger partial charge in [0.05, 0.1) is 5.60 Å². The number of hydrogen-bond acceptors (Lipinski definition) is 4. The normalized spacial score (nSPS) is 26.8. The molecule has 1 amide bonds. The third-order valence-corrected chi connectivity index (χ3v) is 6.54. The number of nitrogens with zero attached hydrogens (tertiary/aromatic N) is 1. The third-order valence-electron chi connectivity index (χ3n) is 6.54. The monoisotopic (exact) mass is 345 g/mol. The van der Waals surface area contributed by atoms with Crippen LogP contribution in [0.15, 0.2) is 23.0 Å². The number of nitrogens with one attached hydrogen (secondary N) is 2. The van der Waals surface area contributed by atoms with Crippen LogP contribution in [-0.4, -0.2) is 52.2 Å². The molecule has 1 unspecified atom stereocenters. The van der Waals surface area contributed by atoms with Crippen molar-refractivity contribution in [2.75, 3.05) is 19.6 Å². The highest BCUT2D eigenvalue weighted by atomic mass is 16.3. The van der Waals surface area contributed by atoms with Crippen molar-refractivity contribution in [2.45, 2.75) is 56.6 Å². The highest BCUT2D eigenvalue weighted by Gasteiger charge is 2.55. The van der Waals surface area contributed by atoms with E-state index in [4.69, 9.17) is 0 Å². The van der Waals surface area contributed by atoms with Crippen molar-refractivity contribution >= 4 is 5.91 Å². The number of hydrogen-bond donors (Lipinski definition) is 3. The molecule has 6 heteroatoms. The maximum absolute atomic E-state index is 12.3. The average Bonchev–Trinajstić information content (AvgIpc) is 3.24. The summed E-state index contributed by atoms with van der Waals surface area (Å²) in [4.78, 5) is 28.6. The summed E-state index contributed by atoms with van der Waals surface area (Å²) < 4.78 is 0. The second-order valence-electron chi connectivity index (χ2n) is 8.19. The number of rotatable bonds is 5. The predicted molar refractivity (Wildman–Crippen MR) is 94.5 cm³/mol. The van der Waals surface area contributed by atoms with Gasteiger partial charge in [-0.25, -0.2) is 0 Å². The van der Waals surface area contributed by atoms with E-state index in [1.807, 2.05) is 0 Å². The molecule has 2 heterocycles. The summed E-state index contributed by atoms with van der Waals surface area (Å²) in [7, 11) is 0. The van der Waals surface area contributed by atoms with Gasteiger partial charge in [0.1, 0.15) is 5.69 Å². The highest BCUT2D eigenvalue weighted by molar-refractivity contribution is 5.92. The molecule has 1 saturated heterocycles. The molecular formula is C19H27N3O3. The zero-order chi connectivity index (χ0) is 17.5. The van der Waals surface area contributed by atoms with Crippen LogP contribution in [0.2, 0.25) is 0 Å². The zero-order valence-corrected chi connectivity index (χ0v) is 14.6. The molecule has 1 aromatic rings. The molecular weight excluding hydrogens is 318 g/mol. The van der Waals surface area contributed by atoms with Crippen molar-refractivity contribution in [2.24, 2.45) is 5.41 Å². The molecule has 1 aromatic heterocycles. The first kappa shape index (κ1) is 16.8. The van der Waals surface area contributed by atoms with Gasteiger partial charge in [0, 0.05) is 18.7 Å². The smallest absolute Gasteiger partial charge is 0.268 e. The Morgan fingerprint density at radius 3 is 2.68 bits per heavy atom. The maximum atomic E-state index is 12.3. The molecule has 0 aromatic carbocycles. The number of carbonyl (C=O) groups is 1. The Morgan fingerprint density at radius 1 is 1.28 bits per heavy atom. The summed E-state index contributed by atoms with van der Waals surface area (Å²) in [6, 6.07) is 4.87. The van der Waals surface area contributed by atoms with Crippen molar-refractivity contribution in [3.05, 3.63) is 34.2 Å². The summed E-state index contributed by atoms with van der Waals surface area (Å²) in [5.41, 5.74) is -0.0628. The number of pyridine rings is 1. The van der Waals surface area contributed by atoms with E-state index in [0.29, 0.717) is 5.69 Å². The molecule has 3 fully saturated rings. The van der Waals surface area contributed by atoms with Gasteiger partial charge in [-0.2, -0.15) is 0 Å². The molecule has 0 bridgehead atoms. The van der Waals surface area contributed by atoms with Crippen LogP contribution in [0.25, 0.3) is 0 Å². The van der Waals surface area contributed by atoms with Gasteiger partial charge in [0.25, 0.3) is 5.91 Å². The van der Waals surface area contributed by atoms with Crippen LogP contribution >= 0.6 is 0 Å². The Balaban J connectivity index is 1.24. The van der Waals surface area contributed by atoms with Crippen molar-refractivity contribution in [3.63, 3.8) is 0 Å². The number of aliphatic hydroxyl groups is 1. The summed E-state index contributed by atoms with van der Waals surface area (Å²) in [5.74, 6) is -0.186. The van der Waals surface area contributed by atoms with Crippen molar-refractivity contribution in [3.8, 4) is 0 Å². The number of H-pyrrole nitrogens is 1. The lowest BCUT2D eigenvalue weighted by molar-refractivity contribution is -0.0481. The molecule has 6 nitrogen and oxygen atoms in total. The molecule has 4 rings (SSSR count). The molecule has 136 valence electrons. The second kappa shape index (κ2) is 6.25. The van der Waals surface area contributed by atoms with Gasteiger partial charge in [-0.1, -0.05) is 6.07 Å². The molecule has 1 spiro atoms. The van der Waals surface area contributed by atoms with E-state index >= 15 is 0 Å². The summed E-state index contributed by atoms with van der Waals surface area (Å²) in [6.45, 7) is 3.07. The molecule has 1 atom stereocenters.